The van der Waals surface area contributed by atoms with Gasteiger partial charge in [-0.25, -0.2) is 0 Å². The van der Waals surface area contributed by atoms with E-state index in [4.69, 9.17) is 24.8 Å². The molecule has 0 unspecified atom stereocenters. The molecule has 0 heterocycles. The number of amidine groups is 1. The van der Waals surface area contributed by atoms with Gasteiger partial charge in [-0.15, -0.1) is 0 Å². The van der Waals surface area contributed by atoms with E-state index >= 15 is 0 Å². The molecule has 8 heteroatoms. The smallest absolute Gasteiger partial charge is 0.191 e. The van der Waals surface area contributed by atoms with Crippen molar-refractivity contribution in [3.63, 3.8) is 0 Å². The normalized spacial score (nSPS) is 12.8. The molecule has 3 N–H and O–H groups in total. The maximum Gasteiger partial charge on any atom is 0.191 e. The average Bonchev–Trinajstić information content (AvgIpc) is 2.63. The van der Waals surface area contributed by atoms with E-state index in [0.29, 0.717) is 21.7 Å². The van der Waals surface area contributed by atoms with E-state index in [1.807, 2.05) is 26.0 Å². The first-order valence-electron chi connectivity index (χ1n) is 7.96. The van der Waals surface area contributed by atoms with Gasteiger partial charge in [0.2, 0.25) is 0 Å². The van der Waals surface area contributed by atoms with Crippen molar-refractivity contribution in [2.45, 2.75) is 20.8 Å². The van der Waals surface area contributed by atoms with Gasteiger partial charge in [0, 0.05) is 18.1 Å². The second-order valence-corrected chi connectivity index (χ2v) is 6.43. The Morgan fingerprint density at radius 2 is 1.73 bits per heavy atom. The Morgan fingerprint density at radius 3 is 2.42 bits per heavy atom. The molecule has 0 saturated heterocycles. The Labute approximate surface area is 164 Å². The third kappa shape index (κ3) is 5.47. The first-order valence-corrected chi connectivity index (χ1v) is 8.77. The van der Waals surface area contributed by atoms with Gasteiger partial charge in [-0.05, 0) is 49.6 Å². The highest BCUT2D eigenvalue weighted by atomic mass is 32.1. The van der Waals surface area contributed by atoms with Crippen LogP contribution in [-0.2, 0) is 12.6 Å². The summed E-state index contributed by atoms with van der Waals surface area (Å²) in [5.74, 6) is 0. The molecule has 0 radical (unpaired) electrons. The lowest BCUT2D eigenvalue weighted by Crippen LogP contribution is -2.26. The molecule has 0 aliphatic carbocycles. The summed E-state index contributed by atoms with van der Waals surface area (Å²) in [6, 6.07) is 12.3. The summed E-state index contributed by atoms with van der Waals surface area (Å²) < 4.78 is 0. The zero-order valence-corrected chi connectivity index (χ0v) is 16.8. The third-order valence-electron chi connectivity index (χ3n) is 3.66. The monoisotopic (exact) mass is 385 g/mol. The molecule has 0 saturated carbocycles. The van der Waals surface area contributed by atoms with Gasteiger partial charge in [0.15, 0.2) is 5.11 Å². The lowest BCUT2D eigenvalue weighted by atomic mass is 10.1. The predicted molar refractivity (Wildman–Crippen MR) is 118 cm³/mol. The van der Waals surface area contributed by atoms with Crippen LogP contribution in [0.1, 0.15) is 19.4 Å². The van der Waals surface area contributed by atoms with Crippen molar-refractivity contribution in [3.05, 3.63) is 42.0 Å². The molecule has 2 aromatic rings. The molecule has 6 nitrogen and oxygen atoms in total. The summed E-state index contributed by atoms with van der Waals surface area (Å²) in [5, 5.41) is 14.5. The topological polar surface area (TPSA) is 73.2 Å². The van der Waals surface area contributed by atoms with Gasteiger partial charge in [-0.1, -0.05) is 35.9 Å². The second-order valence-electron chi connectivity index (χ2n) is 5.63. The van der Waals surface area contributed by atoms with Crippen molar-refractivity contribution in [3.8, 4) is 0 Å². The Bertz CT molecular complexity index is 902. The predicted octanol–water partition coefficient (Wildman–Crippen LogP) is 3.31. The number of aryl methyl sites for hydroxylation is 1. The number of hydrogen-bond donors (Lipinski definition) is 3. The van der Waals surface area contributed by atoms with E-state index in [1.54, 1.807) is 7.05 Å². The van der Waals surface area contributed by atoms with Crippen molar-refractivity contribution in [1.29, 1.82) is 0 Å². The first-order chi connectivity index (χ1) is 12.4. The minimum absolute atomic E-state index is 0.313. The zero-order valence-electron chi connectivity index (χ0n) is 15.1. The highest BCUT2D eigenvalue weighted by Crippen LogP contribution is 2.24. The number of anilines is 1. The lowest BCUT2D eigenvalue weighted by Gasteiger charge is -2.12. The molecule has 0 spiro atoms. The molecule has 0 atom stereocenters. The van der Waals surface area contributed by atoms with Crippen LogP contribution in [0.15, 0.2) is 51.6 Å². The molecule has 2 aromatic carbocycles. The lowest BCUT2D eigenvalue weighted by molar-refractivity contribution is 1.02. The van der Waals surface area contributed by atoms with Crippen LogP contribution in [0.3, 0.4) is 0 Å². The fourth-order valence-electron chi connectivity index (χ4n) is 2.14. The Kier molecular flexibility index (Phi) is 6.99. The van der Waals surface area contributed by atoms with Crippen molar-refractivity contribution in [2.24, 2.45) is 15.2 Å². The van der Waals surface area contributed by atoms with Gasteiger partial charge in [-0.2, -0.15) is 10.2 Å². The molecular weight excluding hydrogens is 364 g/mol. The van der Waals surface area contributed by atoms with Crippen LogP contribution in [0.4, 0.5) is 5.69 Å². The molecule has 0 amide bonds. The van der Waals surface area contributed by atoms with Crippen LogP contribution in [0, 0.1) is 6.92 Å². The van der Waals surface area contributed by atoms with E-state index in [1.165, 1.54) is 5.56 Å². The van der Waals surface area contributed by atoms with Crippen molar-refractivity contribution >= 4 is 63.0 Å². The zero-order chi connectivity index (χ0) is 19.1. The van der Waals surface area contributed by atoms with Gasteiger partial charge < -0.3 is 17.9 Å². The van der Waals surface area contributed by atoms with E-state index in [0.717, 1.165) is 16.5 Å². The largest absolute Gasteiger partial charge is 0.741 e. The highest BCUT2D eigenvalue weighted by molar-refractivity contribution is 7.80. The van der Waals surface area contributed by atoms with E-state index in [2.05, 4.69) is 62.6 Å². The second kappa shape index (κ2) is 9.21. The number of hydrogen-bond acceptors (Lipinski definition) is 5. The van der Waals surface area contributed by atoms with Gasteiger partial charge in [0.25, 0.3) is 0 Å². The van der Waals surface area contributed by atoms with Crippen LogP contribution in [-0.4, -0.2) is 28.8 Å². The molecule has 0 aliphatic heterocycles. The third-order valence-corrected chi connectivity index (χ3v) is 4.12. The number of nitrogens with one attached hydrogen (secondary N) is 3. The number of benzene rings is 2. The number of aliphatic imine (C=N–C) groups is 1. The molecule has 0 aromatic heterocycles. The maximum absolute atomic E-state index is 5.33. The molecule has 0 fully saturated rings. The van der Waals surface area contributed by atoms with Crippen LogP contribution in [0.2, 0.25) is 0 Å². The van der Waals surface area contributed by atoms with Crippen molar-refractivity contribution in [1.82, 2.24) is 10.9 Å². The van der Waals surface area contributed by atoms with Gasteiger partial charge in [0.1, 0.15) is 0 Å². The summed E-state index contributed by atoms with van der Waals surface area (Å²) in [5.41, 5.74) is 8.98. The Morgan fingerprint density at radius 1 is 1.04 bits per heavy atom. The van der Waals surface area contributed by atoms with Gasteiger partial charge in [0.05, 0.1) is 11.4 Å². The fourth-order valence-corrected chi connectivity index (χ4v) is 2.34. The average molecular weight is 386 g/mol. The SMILES string of the molecule is CN=C([S-])N/N=C(C)\C(C)=N/NC(=S)Nc1cccc2cc(C)ccc12. The Hall–Kier alpha value is -2.58. The van der Waals surface area contributed by atoms with E-state index < -0.39 is 0 Å². The standard InChI is InChI=1S/C18H22N6S2/c1-11-8-9-15-14(10-11)6-5-7-16(15)20-18(26)24-22-13(3)12(2)21-23-17(25)19-4/h5-10H,1-4H3,(H2,19,23,25)(H2,20,24,26)/p-1/b21-12-,22-13-. The fraction of sp³-hybridized carbons (Fsp3) is 0.222. The van der Waals surface area contributed by atoms with Crippen LogP contribution < -0.4 is 16.2 Å². The van der Waals surface area contributed by atoms with Gasteiger partial charge in [-0.3, -0.25) is 15.8 Å². The van der Waals surface area contributed by atoms with Crippen LogP contribution in [0.5, 0.6) is 0 Å². The molecule has 0 bridgehead atoms. The molecule has 26 heavy (non-hydrogen) atoms. The number of nitrogens with zero attached hydrogens (tertiary/aromatic N) is 3. The number of fused-ring (bicyclic) bond motifs is 1. The Balaban J connectivity index is 2.05. The van der Waals surface area contributed by atoms with Crippen LogP contribution in [0.25, 0.3) is 10.8 Å². The molecule has 0 aliphatic rings. The summed E-state index contributed by atoms with van der Waals surface area (Å²) in [6.45, 7) is 5.71. The number of hydrazone groups is 2. The summed E-state index contributed by atoms with van der Waals surface area (Å²) in [4.78, 5) is 3.80. The first kappa shape index (κ1) is 19.7. The molecule has 136 valence electrons. The summed E-state index contributed by atoms with van der Waals surface area (Å²) in [7, 11) is 1.60. The minimum atomic E-state index is 0.313. The number of rotatable bonds is 4. The summed E-state index contributed by atoms with van der Waals surface area (Å²) in [6.07, 6.45) is 0. The maximum atomic E-state index is 5.33. The highest BCUT2D eigenvalue weighted by Gasteiger charge is 2.03. The van der Waals surface area contributed by atoms with E-state index in [9.17, 15) is 0 Å². The van der Waals surface area contributed by atoms with Crippen molar-refractivity contribution in [2.75, 3.05) is 12.4 Å². The minimum Gasteiger partial charge on any atom is -0.741 e. The van der Waals surface area contributed by atoms with Gasteiger partial charge >= 0.3 is 0 Å². The van der Waals surface area contributed by atoms with Crippen LogP contribution >= 0.6 is 12.2 Å². The summed E-state index contributed by atoms with van der Waals surface area (Å²) >= 11 is 10.2. The number of thiocarbonyl (C=S) groups is 1. The van der Waals surface area contributed by atoms with E-state index in [-0.39, 0.29) is 0 Å². The molecule has 2 rings (SSSR count). The quantitative estimate of drug-likeness (QED) is 0.248. The van der Waals surface area contributed by atoms with Crippen molar-refractivity contribution < 1.29 is 0 Å². The molecular formula is C18H21N6S2-.